The maximum absolute atomic E-state index is 10.8. The molecule has 0 aromatic carbocycles. The SMILES string of the molecule is CC/C(=C\CNC(C)=O)N(NC)C1CCOC1. The molecule has 1 unspecified atom stereocenters. The van der Waals surface area contributed by atoms with Crippen LogP contribution in [0.5, 0.6) is 0 Å². The molecule has 5 heteroatoms. The zero-order valence-corrected chi connectivity index (χ0v) is 11.0. The Kier molecular flexibility index (Phi) is 6.00. The summed E-state index contributed by atoms with van der Waals surface area (Å²) in [6.45, 7) is 5.80. The lowest BCUT2D eigenvalue weighted by molar-refractivity contribution is -0.118. The van der Waals surface area contributed by atoms with E-state index in [9.17, 15) is 4.79 Å². The molecule has 1 rings (SSSR count). The number of hydrogen-bond acceptors (Lipinski definition) is 4. The van der Waals surface area contributed by atoms with Gasteiger partial charge in [0.15, 0.2) is 0 Å². The largest absolute Gasteiger partial charge is 0.379 e. The first-order chi connectivity index (χ1) is 8.19. The molecule has 1 fully saturated rings. The first-order valence-electron chi connectivity index (χ1n) is 6.16. The number of carbonyl (C=O) groups excluding carboxylic acids is 1. The van der Waals surface area contributed by atoms with Gasteiger partial charge in [-0.25, -0.2) is 5.43 Å². The van der Waals surface area contributed by atoms with Gasteiger partial charge in [-0.1, -0.05) is 6.92 Å². The van der Waals surface area contributed by atoms with Gasteiger partial charge in [-0.3, -0.25) is 4.79 Å². The molecule has 0 aliphatic carbocycles. The fourth-order valence-electron chi connectivity index (χ4n) is 2.01. The van der Waals surface area contributed by atoms with Crippen LogP contribution in [0.4, 0.5) is 0 Å². The number of carbonyl (C=O) groups is 1. The van der Waals surface area contributed by atoms with Gasteiger partial charge >= 0.3 is 0 Å². The number of nitrogens with one attached hydrogen (secondary N) is 2. The number of nitrogens with zero attached hydrogens (tertiary/aromatic N) is 1. The second kappa shape index (κ2) is 7.29. The van der Waals surface area contributed by atoms with Crippen molar-refractivity contribution in [3.8, 4) is 0 Å². The van der Waals surface area contributed by atoms with Crippen molar-refractivity contribution in [1.29, 1.82) is 0 Å². The number of allylic oxidation sites excluding steroid dienone is 1. The number of hydrazine groups is 1. The van der Waals surface area contributed by atoms with Crippen LogP contribution < -0.4 is 10.7 Å². The predicted octanol–water partition coefficient (Wildman–Crippen LogP) is 0.642. The van der Waals surface area contributed by atoms with Gasteiger partial charge in [0.2, 0.25) is 5.91 Å². The third-order valence-corrected chi connectivity index (χ3v) is 2.87. The highest BCUT2D eigenvalue weighted by Gasteiger charge is 2.23. The van der Waals surface area contributed by atoms with Gasteiger partial charge in [0.25, 0.3) is 0 Å². The Morgan fingerprint density at radius 1 is 1.59 bits per heavy atom. The molecule has 1 saturated heterocycles. The van der Waals surface area contributed by atoms with Gasteiger partial charge in [-0.15, -0.1) is 0 Å². The molecule has 2 N–H and O–H groups in total. The van der Waals surface area contributed by atoms with Crippen LogP contribution in [0.3, 0.4) is 0 Å². The summed E-state index contributed by atoms with van der Waals surface area (Å²) in [5.74, 6) is -0.00286. The summed E-state index contributed by atoms with van der Waals surface area (Å²) in [6.07, 6.45) is 4.02. The lowest BCUT2D eigenvalue weighted by Crippen LogP contribution is -2.43. The molecule has 0 aromatic rings. The average Bonchev–Trinajstić information content (AvgIpc) is 2.81. The van der Waals surface area contributed by atoms with Crippen molar-refractivity contribution in [3.05, 3.63) is 11.8 Å². The highest BCUT2D eigenvalue weighted by atomic mass is 16.5. The normalized spacial score (nSPS) is 20.4. The summed E-state index contributed by atoms with van der Waals surface area (Å²) >= 11 is 0. The van der Waals surface area contributed by atoms with Crippen LogP contribution >= 0.6 is 0 Å². The summed E-state index contributed by atoms with van der Waals surface area (Å²) in [6, 6.07) is 0.392. The number of amides is 1. The minimum Gasteiger partial charge on any atom is -0.379 e. The Balaban J connectivity index is 2.58. The second-order valence-electron chi connectivity index (χ2n) is 4.10. The molecule has 0 spiro atoms. The summed E-state index contributed by atoms with van der Waals surface area (Å²) in [4.78, 5) is 10.8. The Morgan fingerprint density at radius 2 is 2.35 bits per heavy atom. The van der Waals surface area contributed by atoms with Gasteiger partial charge in [0.05, 0.1) is 12.6 Å². The monoisotopic (exact) mass is 241 g/mol. The van der Waals surface area contributed by atoms with Gasteiger partial charge < -0.3 is 15.1 Å². The second-order valence-corrected chi connectivity index (χ2v) is 4.10. The molecule has 5 nitrogen and oxygen atoms in total. The molecule has 1 atom stereocenters. The molecular formula is C12H23N3O2. The molecule has 1 amide bonds. The molecule has 17 heavy (non-hydrogen) atoms. The van der Waals surface area contributed by atoms with Crippen molar-refractivity contribution in [2.45, 2.75) is 32.7 Å². The van der Waals surface area contributed by atoms with E-state index in [1.807, 2.05) is 7.05 Å². The van der Waals surface area contributed by atoms with Crippen molar-refractivity contribution in [2.75, 3.05) is 26.8 Å². The highest BCUT2D eigenvalue weighted by molar-refractivity contribution is 5.72. The fraction of sp³-hybridized carbons (Fsp3) is 0.750. The smallest absolute Gasteiger partial charge is 0.217 e. The van der Waals surface area contributed by atoms with Gasteiger partial charge in [0, 0.05) is 32.8 Å². The number of hydrogen-bond donors (Lipinski definition) is 2. The summed E-state index contributed by atoms with van der Waals surface area (Å²) in [5.41, 5.74) is 4.40. The van der Waals surface area contributed by atoms with Crippen LogP contribution in [0.25, 0.3) is 0 Å². The van der Waals surface area contributed by atoms with Crippen molar-refractivity contribution < 1.29 is 9.53 Å². The molecule has 1 aliphatic heterocycles. The molecule has 0 radical (unpaired) electrons. The van der Waals surface area contributed by atoms with Crippen LogP contribution in [-0.4, -0.2) is 43.8 Å². The maximum atomic E-state index is 10.8. The minimum atomic E-state index is -0.00286. The molecule has 98 valence electrons. The summed E-state index contributed by atoms with van der Waals surface area (Å²) < 4.78 is 5.40. The van der Waals surface area contributed by atoms with Crippen molar-refractivity contribution in [2.24, 2.45) is 0 Å². The van der Waals surface area contributed by atoms with E-state index in [0.29, 0.717) is 12.6 Å². The quantitative estimate of drug-likeness (QED) is 0.670. The van der Waals surface area contributed by atoms with Crippen LogP contribution in [0.2, 0.25) is 0 Å². The van der Waals surface area contributed by atoms with Crippen LogP contribution in [0, 0.1) is 0 Å². The van der Waals surface area contributed by atoms with E-state index >= 15 is 0 Å². The van der Waals surface area contributed by atoms with Crippen LogP contribution in [0.1, 0.15) is 26.7 Å². The zero-order chi connectivity index (χ0) is 12.7. The Bertz CT molecular complexity index is 273. The van der Waals surface area contributed by atoms with Gasteiger partial charge in [-0.05, 0) is 18.9 Å². The van der Waals surface area contributed by atoms with Crippen LogP contribution in [0.15, 0.2) is 11.8 Å². The topological polar surface area (TPSA) is 53.6 Å². The Labute approximate surface area is 103 Å². The first-order valence-corrected chi connectivity index (χ1v) is 6.16. The Morgan fingerprint density at radius 3 is 2.82 bits per heavy atom. The molecule has 0 aromatic heterocycles. The molecule has 1 heterocycles. The van der Waals surface area contributed by atoms with E-state index in [1.165, 1.54) is 12.6 Å². The fourth-order valence-corrected chi connectivity index (χ4v) is 2.01. The maximum Gasteiger partial charge on any atom is 0.217 e. The number of rotatable bonds is 6. The first kappa shape index (κ1) is 14.0. The lowest BCUT2D eigenvalue weighted by Gasteiger charge is -2.31. The summed E-state index contributed by atoms with van der Waals surface area (Å²) in [7, 11) is 1.92. The van der Waals surface area contributed by atoms with E-state index in [4.69, 9.17) is 4.74 Å². The zero-order valence-electron chi connectivity index (χ0n) is 11.0. The van der Waals surface area contributed by atoms with E-state index in [0.717, 1.165) is 26.1 Å². The summed E-state index contributed by atoms with van der Waals surface area (Å²) in [5, 5.41) is 4.93. The third-order valence-electron chi connectivity index (χ3n) is 2.87. The van der Waals surface area contributed by atoms with E-state index in [2.05, 4.69) is 28.8 Å². The highest BCUT2D eigenvalue weighted by Crippen LogP contribution is 2.17. The molecular weight excluding hydrogens is 218 g/mol. The number of ether oxygens (including phenoxy) is 1. The average molecular weight is 241 g/mol. The molecule has 1 aliphatic rings. The molecule has 0 bridgehead atoms. The lowest BCUT2D eigenvalue weighted by atomic mass is 10.2. The van der Waals surface area contributed by atoms with E-state index in [-0.39, 0.29) is 5.91 Å². The van der Waals surface area contributed by atoms with E-state index in [1.54, 1.807) is 0 Å². The standard InChI is InChI=1S/C12H23N3O2/c1-4-11(5-7-14-10(2)16)15(13-3)12-6-8-17-9-12/h5,12-13H,4,6-9H2,1-3H3,(H,14,16)/b11-5+. The van der Waals surface area contributed by atoms with Gasteiger partial charge in [0.1, 0.15) is 0 Å². The van der Waals surface area contributed by atoms with Gasteiger partial charge in [-0.2, -0.15) is 0 Å². The Hall–Kier alpha value is -1.07. The van der Waals surface area contributed by atoms with Crippen molar-refractivity contribution >= 4 is 5.91 Å². The predicted molar refractivity (Wildman–Crippen MR) is 67.2 cm³/mol. The van der Waals surface area contributed by atoms with Crippen molar-refractivity contribution in [1.82, 2.24) is 15.8 Å². The van der Waals surface area contributed by atoms with Crippen molar-refractivity contribution in [3.63, 3.8) is 0 Å². The van der Waals surface area contributed by atoms with E-state index < -0.39 is 0 Å². The molecule has 0 saturated carbocycles. The third kappa shape index (κ3) is 4.36. The van der Waals surface area contributed by atoms with Crippen LogP contribution in [-0.2, 0) is 9.53 Å². The minimum absolute atomic E-state index is 0.00286.